The third kappa shape index (κ3) is 6.13. The fraction of sp³-hybridized carbons (Fsp3) is 0.385. The third-order valence-corrected chi connectivity index (χ3v) is 3.79. The number of hydrazine groups is 1. The first-order chi connectivity index (χ1) is 8.11. The first-order valence-electron chi connectivity index (χ1n) is 5.60. The highest BCUT2D eigenvalue weighted by Crippen LogP contribution is 2.23. The average Bonchev–Trinajstić information content (AvgIpc) is 2.29. The number of thioether (sulfide) groups is 1. The summed E-state index contributed by atoms with van der Waals surface area (Å²) in [4.78, 5) is 1.17. The van der Waals surface area contributed by atoms with E-state index in [1.807, 2.05) is 25.1 Å². The second-order valence-corrected chi connectivity index (χ2v) is 5.66. The zero-order chi connectivity index (χ0) is 12.7. The Morgan fingerprint density at radius 2 is 2.35 bits per heavy atom. The van der Waals surface area contributed by atoms with E-state index in [1.54, 1.807) is 11.8 Å². The van der Waals surface area contributed by atoms with Gasteiger partial charge in [0.2, 0.25) is 0 Å². The van der Waals surface area contributed by atoms with Crippen molar-refractivity contribution in [3.8, 4) is 0 Å². The molecule has 4 heteroatoms. The van der Waals surface area contributed by atoms with Crippen LogP contribution in [-0.4, -0.2) is 11.8 Å². The first kappa shape index (κ1) is 14.6. The molecule has 0 aliphatic carbocycles. The molecule has 2 nitrogen and oxygen atoms in total. The van der Waals surface area contributed by atoms with Crippen molar-refractivity contribution < 1.29 is 0 Å². The van der Waals surface area contributed by atoms with Crippen molar-refractivity contribution in [3.05, 3.63) is 41.4 Å². The van der Waals surface area contributed by atoms with Crippen molar-refractivity contribution in [3.63, 3.8) is 0 Å². The van der Waals surface area contributed by atoms with Gasteiger partial charge in [0.25, 0.3) is 0 Å². The Kier molecular flexibility index (Phi) is 6.66. The molecule has 3 N–H and O–H groups in total. The average molecular weight is 271 g/mol. The lowest BCUT2D eigenvalue weighted by molar-refractivity contribution is 0.538. The van der Waals surface area contributed by atoms with Gasteiger partial charge in [-0.05, 0) is 38.0 Å². The summed E-state index contributed by atoms with van der Waals surface area (Å²) < 4.78 is 0. The topological polar surface area (TPSA) is 38.0 Å². The molecule has 1 rings (SSSR count). The summed E-state index contributed by atoms with van der Waals surface area (Å²) in [6, 6.07) is 8.17. The molecule has 0 aromatic heterocycles. The number of halogens is 1. The zero-order valence-corrected chi connectivity index (χ0v) is 11.7. The Morgan fingerprint density at radius 3 is 2.94 bits per heavy atom. The van der Waals surface area contributed by atoms with E-state index in [0.717, 1.165) is 23.6 Å². The highest BCUT2D eigenvalue weighted by atomic mass is 35.5. The molecular formula is C13H19ClN2S. The van der Waals surface area contributed by atoms with E-state index in [4.69, 9.17) is 17.4 Å². The Morgan fingerprint density at radius 1 is 1.59 bits per heavy atom. The molecule has 1 atom stereocenters. The minimum atomic E-state index is 0.302. The van der Waals surface area contributed by atoms with Gasteiger partial charge >= 0.3 is 0 Å². The fourth-order valence-corrected chi connectivity index (χ4v) is 2.69. The standard InChI is InChI=1S/C13H19ClN2S/c1-10(2)6-7-12(16-15)9-17-13-5-3-4-11(14)8-13/h3-5,8,12,16H,1,6-7,9,15H2,2H3. The van der Waals surface area contributed by atoms with Gasteiger partial charge in [0.1, 0.15) is 0 Å². The van der Waals surface area contributed by atoms with Crippen LogP contribution in [-0.2, 0) is 0 Å². The molecule has 1 unspecified atom stereocenters. The number of allylic oxidation sites excluding steroid dienone is 1. The highest BCUT2D eigenvalue weighted by molar-refractivity contribution is 7.99. The molecule has 0 aliphatic rings. The lowest BCUT2D eigenvalue weighted by atomic mass is 10.1. The van der Waals surface area contributed by atoms with E-state index < -0.39 is 0 Å². The van der Waals surface area contributed by atoms with Crippen LogP contribution in [0.3, 0.4) is 0 Å². The Balaban J connectivity index is 2.39. The Hall–Kier alpha value is -0.480. The number of rotatable bonds is 7. The van der Waals surface area contributed by atoms with Gasteiger partial charge in [-0.2, -0.15) is 0 Å². The van der Waals surface area contributed by atoms with Gasteiger partial charge in [-0.15, -0.1) is 18.3 Å². The molecule has 1 aromatic carbocycles. The van der Waals surface area contributed by atoms with Crippen LogP contribution in [0.2, 0.25) is 5.02 Å². The Labute approximate surface area is 113 Å². The van der Waals surface area contributed by atoms with Crippen molar-refractivity contribution in [2.24, 2.45) is 5.84 Å². The maximum atomic E-state index is 5.93. The van der Waals surface area contributed by atoms with Gasteiger partial charge in [0.15, 0.2) is 0 Å². The second kappa shape index (κ2) is 7.77. The molecule has 94 valence electrons. The number of benzene rings is 1. The number of nitrogens with two attached hydrogens (primary N) is 1. The largest absolute Gasteiger partial charge is 0.271 e. The number of hydrogen-bond acceptors (Lipinski definition) is 3. The summed E-state index contributed by atoms with van der Waals surface area (Å²) in [5, 5.41) is 0.772. The molecule has 0 fully saturated rings. The van der Waals surface area contributed by atoms with Crippen molar-refractivity contribution in [1.82, 2.24) is 5.43 Å². The lowest BCUT2D eigenvalue weighted by Gasteiger charge is -2.15. The van der Waals surface area contributed by atoms with Crippen LogP contribution in [0.4, 0.5) is 0 Å². The SMILES string of the molecule is C=C(C)CCC(CSc1cccc(Cl)c1)NN. The number of hydrogen-bond donors (Lipinski definition) is 2. The molecule has 0 saturated heterocycles. The maximum absolute atomic E-state index is 5.93. The summed E-state index contributed by atoms with van der Waals surface area (Å²) in [6.07, 6.45) is 2.02. The van der Waals surface area contributed by atoms with E-state index in [1.165, 1.54) is 10.5 Å². The van der Waals surface area contributed by atoms with E-state index >= 15 is 0 Å². The van der Waals surface area contributed by atoms with Crippen molar-refractivity contribution in [2.75, 3.05) is 5.75 Å². The van der Waals surface area contributed by atoms with Crippen molar-refractivity contribution >= 4 is 23.4 Å². The van der Waals surface area contributed by atoms with Gasteiger partial charge in [-0.1, -0.05) is 23.2 Å². The minimum absolute atomic E-state index is 0.302. The summed E-state index contributed by atoms with van der Waals surface area (Å²) in [5.41, 5.74) is 4.04. The predicted octanol–water partition coefficient (Wildman–Crippen LogP) is 3.62. The van der Waals surface area contributed by atoms with E-state index in [2.05, 4.69) is 18.1 Å². The van der Waals surface area contributed by atoms with Crippen LogP contribution in [0.25, 0.3) is 0 Å². The van der Waals surface area contributed by atoms with E-state index in [0.29, 0.717) is 6.04 Å². The highest BCUT2D eigenvalue weighted by Gasteiger charge is 2.07. The summed E-state index contributed by atoms with van der Waals surface area (Å²) in [5.74, 6) is 6.47. The molecule has 0 radical (unpaired) electrons. The van der Waals surface area contributed by atoms with Crippen LogP contribution in [0, 0.1) is 0 Å². The minimum Gasteiger partial charge on any atom is -0.271 e. The van der Waals surface area contributed by atoms with Gasteiger partial charge in [-0.3, -0.25) is 11.3 Å². The van der Waals surface area contributed by atoms with Crippen LogP contribution in [0.1, 0.15) is 19.8 Å². The Bertz CT molecular complexity index is 368. The van der Waals surface area contributed by atoms with E-state index in [9.17, 15) is 0 Å². The van der Waals surface area contributed by atoms with Crippen LogP contribution in [0.5, 0.6) is 0 Å². The molecule has 0 aliphatic heterocycles. The summed E-state index contributed by atoms with van der Waals surface area (Å²) in [7, 11) is 0. The lowest BCUT2D eigenvalue weighted by Crippen LogP contribution is -2.36. The molecule has 17 heavy (non-hydrogen) atoms. The van der Waals surface area contributed by atoms with Crippen molar-refractivity contribution in [1.29, 1.82) is 0 Å². The fourth-order valence-electron chi connectivity index (χ4n) is 1.39. The second-order valence-electron chi connectivity index (χ2n) is 4.13. The molecule has 1 aromatic rings. The van der Waals surface area contributed by atoms with Gasteiger partial charge in [-0.25, -0.2) is 0 Å². The number of nitrogens with one attached hydrogen (secondary N) is 1. The maximum Gasteiger partial charge on any atom is 0.0417 e. The summed E-state index contributed by atoms with van der Waals surface area (Å²) >= 11 is 7.69. The molecule has 0 bridgehead atoms. The third-order valence-electron chi connectivity index (χ3n) is 2.40. The van der Waals surface area contributed by atoms with Gasteiger partial charge in [0, 0.05) is 21.7 Å². The molecule has 0 heterocycles. The normalized spacial score (nSPS) is 12.4. The summed E-state index contributed by atoms with van der Waals surface area (Å²) in [6.45, 7) is 5.94. The van der Waals surface area contributed by atoms with Crippen LogP contribution < -0.4 is 11.3 Å². The molecular weight excluding hydrogens is 252 g/mol. The predicted molar refractivity (Wildman–Crippen MR) is 77.3 cm³/mol. The monoisotopic (exact) mass is 270 g/mol. The zero-order valence-electron chi connectivity index (χ0n) is 10.1. The van der Waals surface area contributed by atoms with Crippen LogP contribution in [0.15, 0.2) is 41.3 Å². The smallest absolute Gasteiger partial charge is 0.0417 e. The van der Waals surface area contributed by atoms with Gasteiger partial charge in [0.05, 0.1) is 0 Å². The molecule has 0 saturated carbocycles. The van der Waals surface area contributed by atoms with E-state index in [-0.39, 0.29) is 0 Å². The molecule has 0 spiro atoms. The van der Waals surface area contributed by atoms with Crippen LogP contribution >= 0.6 is 23.4 Å². The van der Waals surface area contributed by atoms with Gasteiger partial charge < -0.3 is 0 Å². The van der Waals surface area contributed by atoms with Crippen molar-refractivity contribution in [2.45, 2.75) is 30.7 Å². The molecule has 0 amide bonds. The quantitative estimate of drug-likeness (QED) is 0.344. The first-order valence-corrected chi connectivity index (χ1v) is 6.97.